The number of rotatable bonds is 2. The summed E-state index contributed by atoms with van der Waals surface area (Å²) in [5.74, 6) is 0.530. The van der Waals surface area contributed by atoms with Crippen LogP contribution >= 0.6 is 11.3 Å². The zero-order valence-electron chi connectivity index (χ0n) is 12.1. The van der Waals surface area contributed by atoms with E-state index in [1.54, 1.807) is 15.9 Å². The maximum Gasteiger partial charge on any atom is 0.273 e. The second kappa shape index (κ2) is 4.64. The molecule has 2 aromatic heterocycles. The summed E-state index contributed by atoms with van der Waals surface area (Å²) in [6.45, 7) is 9.70. The quantitative estimate of drug-likeness (QED) is 0.918. The fourth-order valence-electron chi connectivity index (χ4n) is 1.90. The first-order chi connectivity index (χ1) is 9.01. The topological polar surface area (TPSA) is 90.9 Å². The fraction of sp³-hybridized carbons (Fsp3) is 0.500. The van der Waals surface area contributed by atoms with E-state index in [4.69, 9.17) is 5.14 Å². The van der Waals surface area contributed by atoms with Crippen LogP contribution in [0, 0.1) is 13.8 Å². The van der Waals surface area contributed by atoms with Crippen LogP contribution in [-0.4, -0.2) is 23.2 Å². The number of aryl methyl sites for hydroxylation is 2. The Morgan fingerprint density at radius 1 is 1.25 bits per heavy atom. The lowest BCUT2D eigenvalue weighted by Gasteiger charge is -2.23. The van der Waals surface area contributed by atoms with Crippen molar-refractivity contribution in [2.45, 2.75) is 45.3 Å². The smallest absolute Gasteiger partial charge is 0.273 e. The number of nitrogens with two attached hydrogens (primary N) is 1. The van der Waals surface area contributed by atoms with Gasteiger partial charge in [0.2, 0.25) is 0 Å². The third kappa shape index (κ3) is 2.63. The van der Waals surface area contributed by atoms with E-state index in [-0.39, 0.29) is 5.16 Å². The molecule has 0 bridgehead atoms. The summed E-state index contributed by atoms with van der Waals surface area (Å²) in [7, 11) is -3.91. The van der Waals surface area contributed by atoms with Gasteiger partial charge in [-0.3, -0.25) is 4.57 Å². The van der Waals surface area contributed by atoms with Crippen molar-refractivity contribution in [3.8, 4) is 10.7 Å². The summed E-state index contributed by atoms with van der Waals surface area (Å²) in [4.78, 5) is 2.05. The summed E-state index contributed by atoms with van der Waals surface area (Å²) < 4.78 is 24.9. The summed E-state index contributed by atoms with van der Waals surface area (Å²) in [5, 5.41) is 12.8. The minimum Gasteiger partial charge on any atom is -0.291 e. The molecule has 0 aromatic carbocycles. The highest BCUT2D eigenvalue weighted by atomic mass is 32.2. The molecule has 0 amide bonds. The van der Waals surface area contributed by atoms with Crippen LogP contribution < -0.4 is 5.14 Å². The Bertz CT molecular complexity index is 732. The molecule has 2 rings (SSSR count). The van der Waals surface area contributed by atoms with E-state index in [0.717, 1.165) is 10.4 Å². The van der Waals surface area contributed by atoms with Gasteiger partial charge in [0.05, 0.1) is 4.88 Å². The summed E-state index contributed by atoms with van der Waals surface area (Å²) in [5.41, 5.74) is 0.650. The lowest BCUT2D eigenvalue weighted by Crippen LogP contribution is -2.29. The molecule has 0 aliphatic rings. The number of primary sulfonamides is 1. The first-order valence-electron chi connectivity index (χ1n) is 6.08. The molecule has 110 valence electrons. The summed E-state index contributed by atoms with van der Waals surface area (Å²) >= 11 is 1.56. The second-order valence-corrected chi connectivity index (χ2v) is 8.42. The summed E-state index contributed by atoms with van der Waals surface area (Å²) in [6, 6.07) is 1.99. The maximum absolute atomic E-state index is 11.7. The molecule has 8 heteroatoms. The van der Waals surface area contributed by atoms with E-state index in [2.05, 4.69) is 10.2 Å². The third-order valence-corrected chi connectivity index (χ3v) is 4.87. The molecule has 0 radical (unpaired) electrons. The Morgan fingerprint density at radius 3 is 2.25 bits per heavy atom. The van der Waals surface area contributed by atoms with Crippen LogP contribution in [-0.2, 0) is 15.6 Å². The number of nitrogens with zero attached hydrogens (tertiary/aromatic N) is 3. The van der Waals surface area contributed by atoms with Crippen molar-refractivity contribution in [3.63, 3.8) is 0 Å². The Balaban J connectivity index is 2.76. The third-order valence-electron chi connectivity index (χ3n) is 2.95. The SMILES string of the molecule is Cc1cc(-c2nnc(S(N)(=O)=O)n2C(C)(C)C)sc1C. The van der Waals surface area contributed by atoms with Crippen molar-refractivity contribution in [1.29, 1.82) is 0 Å². The molecule has 6 nitrogen and oxygen atoms in total. The standard InChI is InChI=1S/C12H18N4O2S2/c1-7-6-9(19-8(7)2)10-14-15-11(20(13,17)18)16(10)12(3,4)5/h6H,1-5H3,(H2,13,17,18). The van der Waals surface area contributed by atoms with Crippen molar-refractivity contribution < 1.29 is 8.42 Å². The van der Waals surface area contributed by atoms with Crippen LogP contribution in [0.25, 0.3) is 10.7 Å². The minimum atomic E-state index is -3.91. The molecule has 0 unspecified atom stereocenters. The van der Waals surface area contributed by atoms with Gasteiger partial charge in [0, 0.05) is 10.4 Å². The molecule has 2 aromatic rings. The Kier molecular flexibility index (Phi) is 3.52. The molecule has 0 saturated carbocycles. The second-order valence-electron chi connectivity index (χ2n) is 5.71. The molecule has 0 aliphatic carbocycles. The van der Waals surface area contributed by atoms with Crippen LogP contribution in [0.15, 0.2) is 11.2 Å². The van der Waals surface area contributed by atoms with E-state index in [0.29, 0.717) is 5.82 Å². The fourth-order valence-corrected chi connectivity index (χ4v) is 3.68. The highest BCUT2D eigenvalue weighted by molar-refractivity contribution is 7.89. The molecular weight excluding hydrogens is 296 g/mol. The molecule has 2 N–H and O–H groups in total. The molecular formula is C12H18N4O2S2. The number of hydrogen-bond donors (Lipinski definition) is 1. The van der Waals surface area contributed by atoms with Crippen molar-refractivity contribution in [2.75, 3.05) is 0 Å². The highest BCUT2D eigenvalue weighted by Crippen LogP contribution is 2.33. The van der Waals surface area contributed by atoms with Crippen LogP contribution in [0.4, 0.5) is 0 Å². The molecule has 20 heavy (non-hydrogen) atoms. The van der Waals surface area contributed by atoms with Crippen LogP contribution in [0.1, 0.15) is 31.2 Å². The van der Waals surface area contributed by atoms with E-state index in [1.165, 1.54) is 4.88 Å². The van der Waals surface area contributed by atoms with Crippen LogP contribution in [0.5, 0.6) is 0 Å². The van der Waals surface area contributed by atoms with Gasteiger partial charge in [0.1, 0.15) is 0 Å². The van der Waals surface area contributed by atoms with Gasteiger partial charge < -0.3 is 0 Å². The number of hydrogen-bond acceptors (Lipinski definition) is 5. The van der Waals surface area contributed by atoms with E-state index < -0.39 is 15.6 Å². The largest absolute Gasteiger partial charge is 0.291 e. The molecule has 0 atom stereocenters. The summed E-state index contributed by atoms with van der Waals surface area (Å²) in [6.07, 6.45) is 0. The van der Waals surface area contributed by atoms with Crippen LogP contribution in [0.3, 0.4) is 0 Å². The average molecular weight is 314 g/mol. The van der Waals surface area contributed by atoms with Crippen molar-refractivity contribution >= 4 is 21.4 Å². The van der Waals surface area contributed by atoms with Gasteiger partial charge in [-0.1, -0.05) is 0 Å². The zero-order valence-corrected chi connectivity index (χ0v) is 13.8. The Morgan fingerprint density at radius 2 is 1.85 bits per heavy atom. The van der Waals surface area contributed by atoms with Gasteiger partial charge in [0.25, 0.3) is 15.2 Å². The Labute approximate surface area is 122 Å². The van der Waals surface area contributed by atoms with Crippen LogP contribution in [0.2, 0.25) is 0 Å². The monoisotopic (exact) mass is 314 g/mol. The van der Waals surface area contributed by atoms with E-state index in [9.17, 15) is 8.42 Å². The molecule has 0 aliphatic heterocycles. The first-order valence-corrected chi connectivity index (χ1v) is 8.44. The van der Waals surface area contributed by atoms with Gasteiger partial charge >= 0.3 is 0 Å². The van der Waals surface area contributed by atoms with Gasteiger partial charge in [-0.2, -0.15) is 0 Å². The predicted octanol–water partition coefficient (Wildman–Crippen LogP) is 2.03. The first kappa shape index (κ1) is 15.1. The highest BCUT2D eigenvalue weighted by Gasteiger charge is 2.30. The molecule has 0 fully saturated rings. The lowest BCUT2D eigenvalue weighted by molar-refractivity contribution is 0.366. The molecule has 0 saturated heterocycles. The molecule has 0 spiro atoms. The maximum atomic E-state index is 11.7. The lowest BCUT2D eigenvalue weighted by atomic mass is 10.1. The molecule has 2 heterocycles. The van der Waals surface area contributed by atoms with Gasteiger partial charge in [0.15, 0.2) is 5.82 Å². The van der Waals surface area contributed by atoms with Gasteiger partial charge in [-0.25, -0.2) is 13.6 Å². The number of thiophene rings is 1. The normalized spacial score (nSPS) is 12.9. The minimum absolute atomic E-state index is 0.205. The predicted molar refractivity (Wildman–Crippen MR) is 79.2 cm³/mol. The van der Waals surface area contributed by atoms with Crippen molar-refractivity contribution in [3.05, 3.63) is 16.5 Å². The van der Waals surface area contributed by atoms with E-state index in [1.807, 2.05) is 40.7 Å². The van der Waals surface area contributed by atoms with Gasteiger partial charge in [-0.15, -0.1) is 21.5 Å². The van der Waals surface area contributed by atoms with Gasteiger partial charge in [-0.05, 0) is 46.2 Å². The van der Waals surface area contributed by atoms with Crippen molar-refractivity contribution in [1.82, 2.24) is 14.8 Å². The van der Waals surface area contributed by atoms with E-state index >= 15 is 0 Å². The number of aromatic nitrogens is 3. The average Bonchev–Trinajstić information content (AvgIpc) is 2.81. The van der Waals surface area contributed by atoms with Crippen molar-refractivity contribution in [2.24, 2.45) is 5.14 Å². The Hall–Kier alpha value is -1.25. The number of sulfonamides is 1. The zero-order chi connectivity index (χ0) is 15.3.